The van der Waals surface area contributed by atoms with E-state index in [0.29, 0.717) is 11.4 Å². The van der Waals surface area contributed by atoms with Gasteiger partial charge in [0.2, 0.25) is 0 Å². The van der Waals surface area contributed by atoms with Crippen molar-refractivity contribution < 1.29 is 17.9 Å². The van der Waals surface area contributed by atoms with Crippen molar-refractivity contribution >= 4 is 22.0 Å². The van der Waals surface area contributed by atoms with Crippen LogP contribution in [0.25, 0.3) is 11.4 Å². The fourth-order valence-corrected chi connectivity index (χ4v) is 19.3. The van der Waals surface area contributed by atoms with Crippen molar-refractivity contribution in [1.82, 2.24) is 9.97 Å². The molecule has 30 heavy (non-hydrogen) atoms. The van der Waals surface area contributed by atoms with Crippen molar-refractivity contribution in [3.63, 3.8) is 0 Å². The molecule has 1 heterocycles. The molecule has 0 radical (unpaired) electrons. The second kappa shape index (κ2) is 11.9. The van der Waals surface area contributed by atoms with Gasteiger partial charge in [0, 0.05) is 0 Å². The Morgan fingerprint density at radius 1 is 0.800 bits per heavy atom. The second-order valence-electron chi connectivity index (χ2n) is 7.96. The Balaban J connectivity index is 2.26. The van der Waals surface area contributed by atoms with E-state index in [4.69, 9.17) is 0 Å². The summed E-state index contributed by atoms with van der Waals surface area (Å²) < 4.78 is 46.4. The van der Waals surface area contributed by atoms with Crippen molar-refractivity contribution in [2.75, 3.05) is 0 Å². The zero-order chi connectivity index (χ0) is 22.0. The molecule has 0 aliphatic rings. The van der Waals surface area contributed by atoms with Crippen LogP contribution in [0, 0.1) is 0 Å². The van der Waals surface area contributed by atoms with Gasteiger partial charge in [0.25, 0.3) is 0 Å². The molecule has 2 aromatic rings. The van der Waals surface area contributed by atoms with Crippen LogP contribution >= 0.6 is 0 Å². The summed E-state index contributed by atoms with van der Waals surface area (Å²) in [6.45, 7) is 6.76. The first-order chi connectivity index (χ1) is 14.3. The Morgan fingerprint density at radius 3 is 1.67 bits per heavy atom. The molecule has 0 amide bonds. The van der Waals surface area contributed by atoms with Crippen molar-refractivity contribution in [3.05, 3.63) is 36.7 Å². The number of aromatic nitrogens is 2. The van der Waals surface area contributed by atoms with Gasteiger partial charge >= 0.3 is 183 Å². The minimum atomic E-state index is -4.69. The summed E-state index contributed by atoms with van der Waals surface area (Å²) in [5.41, 5.74) is 0.688. The Bertz CT molecular complexity index is 727. The molecule has 0 atom stereocenters. The zero-order valence-electron chi connectivity index (χ0n) is 18.3. The van der Waals surface area contributed by atoms with Gasteiger partial charge < -0.3 is 0 Å². The molecule has 0 saturated heterocycles. The van der Waals surface area contributed by atoms with Crippen molar-refractivity contribution in [3.8, 4) is 17.1 Å². The molecule has 1 aromatic carbocycles. The van der Waals surface area contributed by atoms with E-state index in [9.17, 15) is 13.2 Å². The van der Waals surface area contributed by atoms with Crippen LogP contribution in [0.3, 0.4) is 0 Å². The van der Waals surface area contributed by atoms with Gasteiger partial charge in [-0.2, -0.15) is 0 Å². The monoisotopic (exact) mass is 530 g/mol. The topological polar surface area (TPSA) is 35.0 Å². The van der Waals surface area contributed by atoms with E-state index in [1.165, 1.54) is 67.5 Å². The summed E-state index contributed by atoms with van der Waals surface area (Å²) in [5.74, 6) is 0.302. The Kier molecular flexibility index (Phi) is 9.91. The van der Waals surface area contributed by atoms with Gasteiger partial charge in [0.05, 0.1) is 0 Å². The molecule has 1 aromatic heterocycles. The van der Waals surface area contributed by atoms with Gasteiger partial charge in [0.15, 0.2) is 0 Å². The van der Waals surface area contributed by atoms with E-state index in [1.807, 2.05) is 12.4 Å². The molecule has 2 rings (SSSR count). The molecule has 0 aliphatic carbocycles. The quantitative estimate of drug-likeness (QED) is 0.275. The fourth-order valence-electron chi connectivity index (χ4n) is 3.91. The number of hydrogen-bond donors (Lipinski definition) is 0. The predicted molar refractivity (Wildman–Crippen MR) is 119 cm³/mol. The van der Waals surface area contributed by atoms with Crippen LogP contribution < -0.4 is 8.32 Å². The van der Waals surface area contributed by atoms with Crippen LogP contribution in [-0.2, 0) is 0 Å². The van der Waals surface area contributed by atoms with E-state index < -0.39 is 24.7 Å². The van der Waals surface area contributed by atoms with Crippen LogP contribution in [0.2, 0.25) is 13.3 Å². The van der Waals surface area contributed by atoms with Gasteiger partial charge in [-0.3, -0.25) is 0 Å². The third kappa shape index (κ3) is 7.43. The van der Waals surface area contributed by atoms with E-state index in [1.54, 1.807) is 12.1 Å². The first-order valence-electron chi connectivity index (χ1n) is 11.0. The average molecular weight is 529 g/mol. The second-order valence-corrected chi connectivity index (χ2v) is 21.2. The van der Waals surface area contributed by atoms with Crippen LogP contribution in [-0.4, -0.2) is 34.7 Å². The summed E-state index contributed by atoms with van der Waals surface area (Å²) in [6, 6.07) is 5.73. The van der Waals surface area contributed by atoms with Crippen LogP contribution in [0.5, 0.6) is 5.75 Å². The first-order valence-corrected chi connectivity index (χ1v) is 18.5. The number of rotatable bonds is 12. The maximum atomic E-state index is 12.3. The predicted octanol–water partition coefficient (Wildman–Crippen LogP) is 7.10. The summed E-state index contributed by atoms with van der Waals surface area (Å²) in [6.07, 6.45) is 6.78. The molecule has 0 aliphatic heterocycles. The summed E-state index contributed by atoms with van der Waals surface area (Å²) >= 11 is -2.57. The summed E-state index contributed by atoms with van der Waals surface area (Å²) in [5, 5.41) is 0. The van der Waals surface area contributed by atoms with Crippen molar-refractivity contribution in [2.45, 2.75) is 79.0 Å². The summed E-state index contributed by atoms with van der Waals surface area (Å²) in [4.78, 5) is 9.24. The molecule has 0 bridgehead atoms. The fraction of sp³-hybridized carbons (Fsp3) is 0.565. The molecule has 3 nitrogen and oxygen atoms in total. The Labute approximate surface area is 182 Å². The minimum absolute atomic E-state index is 0.239. The van der Waals surface area contributed by atoms with Gasteiger partial charge in [-0.25, -0.2) is 0 Å². The molecule has 0 saturated carbocycles. The number of hydrogen-bond acceptors (Lipinski definition) is 3. The molecular weight excluding hydrogens is 496 g/mol. The van der Waals surface area contributed by atoms with Crippen LogP contribution in [0.4, 0.5) is 13.2 Å². The third-order valence-electron chi connectivity index (χ3n) is 5.64. The zero-order valence-corrected chi connectivity index (χ0v) is 21.1. The number of unbranched alkanes of at least 4 members (excludes halogenated alkanes) is 3. The van der Waals surface area contributed by atoms with E-state index in [2.05, 4.69) is 35.5 Å². The van der Waals surface area contributed by atoms with E-state index >= 15 is 0 Å². The standard InChI is InChI=1S/C11H6F3N2O.3C4H9.Sn/c12-11(13,14)17-9-4-2-8(3-5-9)10-15-6-1-7-16-10;3*1-3-4-2;/h2-7H;3*1,3-4H2,2H3;. The van der Waals surface area contributed by atoms with Gasteiger partial charge in [0.1, 0.15) is 0 Å². The Hall–Kier alpha value is -1.31. The molecule has 0 spiro atoms. The van der Waals surface area contributed by atoms with Gasteiger partial charge in [-0.1, -0.05) is 0 Å². The molecule has 166 valence electrons. The molecular formula is C23H33F3N2OSn. The number of nitrogens with zero attached hydrogens (tertiary/aromatic N) is 2. The first kappa shape index (κ1) is 25.0. The van der Waals surface area contributed by atoms with Crippen molar-refractivity contribution in [1.29, 1.82) is 0 Å². The van der Waals surface area contributed by atoms with Crippen molar-refractivity contribution in [2.24, 2.45) is 0 Å². The third-order valence-corrected chi connectivity index (χ3v) is 21.1. The molecule has 7 heteroatoms. The number of alkyl halides is 3. The SMILES string of the molecule is CCC[CH2][Sn]([CH2]CCC)([CH2]CCC)[c]1cnc(-c2ccc(OC(F)(F)F)cc2)nc1. The molecule has 0 N–H and O–H groups in total. The van der Waals surface area contributed by atoms with Crippen LogP contribution in [0.1, 0.15) is 59.3 Å². The van der Waals surface area contributed by atoms with Gasteiger partial charge in [-0.05, 0) is 0 Å². The normalized spacial score (nSPS) is 12.2. The number of halogens is 3. The van der Waals surface area contributed by atoms with Crippen LogP contribution in [0.15, 0.2) is 36.7 Å². The number of benzene rings is 1. The number of ether oxygens (including phenoxy) is 1. The van der Waals surface area contributed by atoms with E-state index in [-0.39, 0.29) is 5.75 Å². The van der Waals surface area contributed by atoms with E-state index in [0.717, 1.165) is 0 Å². The maximum absolute atomic E-state index is 12.3. The Morgan fingerprint density at radius 2 is 1.27 bits per heavy atom. The summed E-state index contributed by atoms with van der Waals surface area (Å²) in [7, 11) is 0. The molecule has 0 unspecified atom stereocenters. The average Bonchev–Trinajstić information content (AvgIpc) is 2.73. The van der Waals surface area contributed by atoms with Gasteiger partial charge in [-0.15, -0.1) is 0 Å². The molecule has 0 fully saturated rings.